The Morgan fingerprint density at radius 3 is 3.04 bits per heavy atom. The Morgan fingerprint density at radius 1 is 1.39 bits per heavy atom. The van der Waals surface area contributed by atoms with Gasteiger partial charge >= 0.3 is 0 Å². The molecule has 0 bridgehead atoms. The second kappa shape index (κ2) is 5.72. The van der Waals surface area contributed by atoms with Crippen molar-refractivity contribution in [3.05, 3.63) is 47.3 Å². The molecule has 120 valence electrons. The van der Waals surface area contributed by atoms with Crippen LogP contribution in [0.3, 0.4) is 0 Å². The second-order valence-electron chi connectivity index (χ2n) is 6.52. The third-order valence-corrected chi connectivity index (χ3v) is 4.80. The van der Waals surface area contributed by atoms with Gasteiger partial charge in [-0.2, -0.15) is 5.10 Å². The van der Waals surface area contributed by atoms with Crippen LogP contribution in [0.5, 0.6) is 5.75 Å². The molecule has 3 heterocycles. The number of fused-ring (bicyclic) bond motifs is 1. The first-order valence-electron chi connectivity index (χ1n) is 8.26. The molecular weight excluding hydrogens is 290 g/mol. The predicted octanol–water partition coefficient (Wildman–Crippen LogP) is 2.43. The number of likely N-dealkylation sites (tertiary alicyclic amines) is 1. The summed E-state index contributed by atoms with van der Waals surface area (Å²) in [5.41, 5.74) is 3.26. The van der Waals surface area contributed by atoms with Gasteiger partial charge in [0, 0.05) is 31.1 Å². The Bertz CT molecular complexity index is 700. The third-order valence-electron chi connectivity index (χ3n) is 4.80. The van der Waals surface area contributed by atoms with Crippen LogP contribution in [0.1, 0.15) is 35.7 Å². The summed E-state index contributed by atoms with van der Waals surface area (Å²) in [6, 6.07) is 10.00. The van der Waals surface area contributed by atoms with Crippen LogP contribution in [-0.4, -0.2) is 40.2 Å². The lowest BCUT2D eigenvalue weighted by Gasteiger charge is -2.33. The average Bonchev–Trinajstić information content (AvgIpc) is 3.20. The van der Waals surface area contributed by atoms with Crippen LogP contribution in [0, 0.1) is 6.92 Å². The number of carbonyl (C=O) groups is 1. The van der Waals surface area contributed by atoms with Crippen molar-refractivity contribution in [1.82, 2.24) is 15.1 Å². The van der Waals surface area contributed by atoms with Gasteiger partial charge < -0.3 is 9.64 Å². The molecule has 0 unspecified atom stereocenters. The number of hydrogen-bond donors (Lipinski definition) is 1. The normalized spacial score (nSPS) is 23.4. The van der Waals surface area contributed by atoms with Crippen LogP contribution >= 0.6 is 0 Å². The number of ether oxygens (including phenoxy) is 1. The van der Waals surface area contributed by atoms with E-state index in [1.165, 1.54) is 0 Å². The molecule has 1 N–H and O–H groups in total. The Morgan fingerprint density at radius 2 is 2.26 bits per heavy atom. The van der Waals surface area contributed by atoms with E-state index in [0.717, 1.165) is 48.6 Å². The van der Waals surface area contributed by atoms with Crippen molar-refractivity contribution >= 4 is 5.91 Å². The van der Waals surface area contributed by atoms with E-state index in [9.17, 15) is 4.79 Å². The molecular formula is C18H21N3O2. The van der Waals surface area contributed by atoms with Crippen LogP contribution in [0.2, 0.25) is 0 Å². The maximum absolute atomic E-state index is 12.8. The van der Waals surface area contributed by atoms with Crippen LogP contribution in [0.25, 0.3) is 0 Å². The van der Waals surface area contributed by atoms with Gasteiger partial charge in [-0.25, -0.2) is 0 Å². The number of aromatic amines is 1. The van der Waals surface area contributed by atoms with E-state index in [4.69, 9.17) is 4.74 Å². The highest BCUT2D eigenvalue weighted by molar-refractivity contribution is 5.82. The van der Waals surface area contributed by atoms with Crippen molar-refractivity contribution in [3.8, 4) is 5.75 Å². The maximum atomic E-state index is 12.8. The monoisotopic (exact) mass is 311 g/mol. The summed E-state index contributed by atoms with van der Waals surface area (Å²) in [6.07, 6.45) is 2.41. The highest BCUT2D eigenvalue weighted by atomic mass is 16.5. The summed E-state index contributed by atoms with van der Waals surface area (Å²) in [6.45, 7) is 3.56. The lowest BCUT2D eigenvalue weighted by molar-refractivity contribution is -0.139. The average molecular weight is 311 g/mol. The SMILES string of the molecule is Cc1cc([C@@H]2CCCN(C(=O)[C@H]3Cc4ccccc4O3)C2)n[nH]1. The van der Waals surface area contributed by atoms with Crippen molar-refractivity contribution in [2.24, 2.45) is 0 Å². The van der Waals surface area contributed by atoms with Crippen molar-refractivity contribution in [3.63, 3.8) is 0 Å². The Hall–Kier alpha value is -2.30. The van der Waals surface area contributed by atoms with Crippen LogP contribution in [0.15, 0.2) is 30.3 Å². The van der Waals surface area contributed by atoms with E-state index in [1.54, 1.807) is 0 Å². The van der Waals surface area contributed by atoms with E-state index in [-0.39, 0.29) is 12.0 Å². The number of carbonyl (C=O) groups excluding carboxylic acids is 1. The van der Waals surface area contributed by atoms with Gasteiger partial charge in [0.2, 0.25) is 0 Å². The number of nitrogens with one attached hydrogen (secondary N) is 1. The molecule has 5 heteroatoms. The molecule has 0 spiro atoms. The van der Waals surface area contributed by atoms with Gasteiger partial charge in [-0.1, -0.05) is 18.2 Å². The number of aryl methyl sites for hydroxylation is 1. The third kappa shape index (κ3) is 2.71. The summed E-state index contributed by atoms with van der Waals surface area (Å²) < 4.78 is 5.85. The predicted molar refractivity (Wildman–Crippen MR) is 86.4 cm³/mol. The summed E-state index contributed by atoms with van der Waals surface area (Å²) in [5.74, 6) is 1.28. The molecule has 23 heavy (non-hydrogen) atoms. The molecule has 1 fully saturated rings. The fraction of sp³-hybridized carbons (Fsp3) is 0.444. The van der Waals surface area contributed by atoms with Crippen LogP contribution in [-0.2, 0) is 11.2 Å². The number of aromatic nitrogens is 2. The zero-order chi connectivity index (χ0) is 15.8. The fourth-order valence-corrected chi connectivity index (χ4v) is 3.59. The Kier molecular flexibility index (Phi) is 3.56. The zero-order valence-corrected chi connectivity index (χ0v) is 13.3. The largest absolute Gasteiger partial charge is 0.480 e. The summed E-state index contributed by atoms with van der Waals surface area (Å²) in [5, 5.41) is 7.37. The molecule has 1 saturated heterocycles. The number of rotatable bonds is 2. The first kappa shape index (κ1) is 14.3. The topological polar surface area (TPSA) is 58.2 Å². The molecule has 0 aliphatic carbocycles. The number of H-pyrrole nitrogens is 1. The number of para-hydroxylation sites is 1. The van der Waals surface area contributed by atoms with E-state index < -0.39 is 0 Å². The summed E-state index contributed by atoms with van der Waals surface area (Å²) >= 11 is 0. The number of benzene rings is 1. The molecule has 2 aliphatic heterocycles. The minimum Gasteiger partial charge on any atom is -0.480 e. The molecule has 2 atom stereocenters. The fourth-order valence-electron chi connectivity index (χ4n) is 3.59. The maximum Gasteiger partial charge on any atom is 0.264 e. The molecule has 0 radical (unpaired) electrons. The first-order valence-corrected chi connectivity index (χ1v) is 8.26. The summed E-state index contributed by atoms with van der Waals surface area (Å²) in [7, 11) is 0. The first-order chi connectivity index (χ1) is 11.2. The van der Waals surface area contributed by atoms with Gasteiger partial charge in [0.15, 0.2) is 6.10 Å². The zero-order valence-electron chi connectivity index (χ0n) is 13.3. The van der Waals surface area contributed by atoms with Gasteiger partial charge in [0.1, 0.15) is 5.75 Å². The highest BCUT2D eigenvalue weighted by Gasteiger charge is 2.35. The lowest BCUT2D eigenvalue weighted by Crippen LogP contribution is -2.46. The minimum atomic E-state index is -0.368. The van der Waals surface area contributed by atoms with E-state index >= 15 is 0 Å². The number of piperidine rings is 1. The van der Waals surface area contributed by atoms with Crippen molar-refractivity contribution in [1.29, 1.82) is 0 Å². The molecule has 1 aromatic heterocycles. The van der Waals surface area contributed by atoms with Gasteiger partial charge in [-0.15, -0.1) is 0 Å². The van der Waals surface area contributed by atoms with Gasteiger partial charge in [-0.3, -0.25) is 9.89 Å². The molecule has 0 saturated carbocycles. The molecule has 1 aromatic carbocycles. The smallest absolute Gasteiger partial charge is 0.264 e. The second-order valence-corrected chi connectivity index (χ2v) is 6.52. The Balaban J connectivity index is 1.45. The van der Waals surface area contributed by atoms with E-state index in [2.05, 4.69) is 16.3 Å². The molecule has 5 nitrogen and oxygen atoms in total. The highest BCUT2D eigenvalue weighted by Crippen LogP contribution is 2.31. The van der Waals surface area contributed by atoms with E-state index in [0.29, 0.717) is 12.3 Å². The summed E-state index contributed by atoms with van der Waals surface area (Å²) in [4.78, 5) is 14.8. The number of amides is 1. The van der Waals surface area contributed by atoms with Crippen molar-refractivity contribution in [2.45, 2.75) is 38.2 Å². The lowest BCUT2D eigenvalue weighted by atomic mass is 9.94. The number of nitrogens with zero attached hydrogens (tertiary/aromatic N) is 2. The molecule has 2 aromatic rings. The quantitative estimate of drug-likeness (QED) is 0.926. The van der Waals surface area contributed by atoms with Gasteiger partial charge in [-0.05, 0) is 37.5 Å². The molecule has 1 amide bonds. The van der Waals surface area contributed by atoms with Crippen LogP contribution in [0.4, 0.5) is 0 Å². The standard InChI is InChI=1S/C18H21N3O2/c1-12-9-15(20-19-12)14-6-4-8-21(11-14)18(22)17-10-13-5-2-3-7-16(13)23-17/h2-3,5,7,9,14,17H,4,6,8,10-11H2,1H3,(H,19,20)/t14-,17-/m1/s1. The molecule has 4 rings (SSSR count). The van der Waals surface area contributed by atoms with Crippen molar-refractivity contribution < 1.29 is 9.53 Å². The molecule has 2 aliphatic rings. The van der Waals surface area contributed by atoms with Crippen LogP contribution < -0.4 is 4.74 Å². The van der Waals surface area contributed by atoms with Gasteiger partial charge in [0.05, 0.1) is 5.69 Å². The minimum absolute atomic E-state index is 0.109. The van der Waals surface area contributed by atoms with Crippen molar-refractivity contribution in [2.75, 3.05) is 13.1 Å². The Labute approximate surface area is 135 Å². The van der Waals surface area contributed by atoms with Gasteiger partial charge in [0.25, 0.3) is 5.91 Å². The van der Waals surface area contributed by atoms with E-state index in [1.807, 2.05) is 36.1 Å². The number of hydrogen-bond acceptors (Lipinski definition) is 3.